The molecule has 3 heterocycles. The molecule has 2 unspecified atom stereocenters. The standard InChI is InChI=1S/C20H23ClFN5O3/c1-12-10-26-16-17(23-19(26)25(12)8-5-9-30-3)24(2)20(29)27(18(16)28)11-13-14(21)6-4-7-15(13)22/h4,6-7,10,16-17H,5,8-9,11H2,1-3H3. The molecule has 1 fully saturated rings. The van der Waals surface area contributed by atoms with Gasteiger partial charge in [-0.05, 0) is 25.5 Å². The molecular formula is C20H23ClFN5O3. The van der Waals surface area contributed by atoms with Crippen LogP contribution in [0.25, 0.3) is 0 Å². The summed E-state index contributed by atoms with van der Waals surface area (Å²) in [5, 5.41) is 0.171. The number of likely N-dealkylation sites (N-methyl/N-ethyl adjacent to an activating group) is 1. The number of guanidine groups is 1. The number of halogens is 2. The number of ether oxygens (including phenoxy) is 1. The number of carbonyl (C=O) groups excluding carboxylic acids is 2. The van der Waals surface area contributed by atoms with Gasteiger partial charge in [0.15, 0.2) is 12.2 Å². The van der Waals surface area contributed by atoms with Crippen LogP contribution in [0.1, 0.15) is 18.9 Å². The lowest BCUT2D eigenvalue weighted by molar-refractivity contribution is -0.137. The van der Waals surface area contributed by atoms with Crippen LogP contribution in [-0.4, -0.2) is 77.0 Å². The minimum absolute atomic E-state index is 0.112. The first-order chi connectivity index (χ1) is 14.3. The highest BCUT2D eigenvalue weighted by Crippen LogP contribution is 2.35. The maximum absolute atomic E-state index is 14.3. The molecule has 1 aromatic carbocycles. The molecule has 0 radical (unpaired) electrons. The molecule has 10 heteroatoms. The van der Waals surface area contributed by atoms with Crippen LogP contribution in [0.5, 0.6) is 0 Å². The Kier molecular flexibility index (Phi) is 5.42. The SMILES string of the molecule is COCCCN1C(C)=CN2C1=NC1C2C(=O)N(Cc2c(F)cccc2Cl)C(=O)N1C. The van der Waals surface area contributed by atoms with Crippen LogP contribution in [0.3, 0.4) is 0 Å². The van der Waals surface area contributed by atoms with Gasteiger partial charge in [-0.3, -0.25) is 9.69 Å². The maximum Gasteiger partial charge on any atom is 0.328 e. The Bertz CT molecular complexity index is 932. The van der Waals surface area contributed by atoms with Crippen LogP contribution in [0.15, 0.2) is 35.1 Å². The predicted molar refractivity (Wildman–Crippen MR) is 109 cm³/mol. The van der Waals surface area contributed by atoms with E-state index in [-0.39, 0.29) is 17.1 Å². The Morgan fingerprint density at radius 1 is 1.27 bits per heavy atom. The summed E-state index contributed by atoms with van der Waals surface area (Å²) in [6.45, 7) is 3.01. The number of nitrogens with zero attached hydrogens (tertiary/aromatic N) is 5. The van der Waals surface area contributed by atoms with Crippen molar-refractivity contribution in [2.24, 2.45) is 4.99 Å². The van der Waals surface area contributed by atoms with E-state index in [1.54, 1.807) is 19.1 Å². The van der Waals surface area contributed by atoms with Crippen molar-refractivity contribution in [1.82, 2.24) is 19.6 Å². The molecule has 160 valence electrons. The summed E-state index contributed by atoms with van der Waals surface area (Å²) in [5.74, 6) is -0.348. The van der Waals surface area contributed by atoms with Crippen molar-refractivity contribution in [2.45, 2.75) is 32.1 Å². The molecule has 3 aliphatic rings. The summed E-state index contributed by atoms with van der Waals surface area (Å²) >= 11 is 6.12. The first kappa shape index (κ1) is 20.6. The fraction of sp³-hybridized carbons (Fsp3) is 0.450. The highest BCUT2D eigenvalue weighted by Gasteiger charge is 2.54. The molecule has 3 amide bonds. The number of aliphatic imine (C=N–C) groups is 1. The summed E-state index contributed by atoms with van der Waals surface area (Å²) in [7, 11) is 3.25. The summed E-state index contributed by atoms with van der Waals surface area (Å²) in [5.41, 5.74) is 1.07. The zero-order chi connectivity index (χ0) is 21.6. The quantitative estimate of drug-likeness (QED) is 0.642. The fourth-order valence-corrected chi connectivity index (χ4v) is 4.26. The Morgan fingerprint density at radius 2 is 2.03 bits per heavy atom. The third-order valence-corrected chi connectivity index (χ3v) is 5.96. The van der Waals surface area contributed by atoms with Gasteiger partial charge in [0.2, 0.25) is 5.96 Å². The molecule has 8 nitrogen and oxygen atoms in total. The molecule has 2 atom stereocenters. The fourth-order valence-electron chi connectivity index (χ4n) is 4.03. The van der Waals surface area contributed by atoms with Crippen LogP contribution in [0.2, 0.25) is 5.02 Å². The van der Waals surface area contributed by atoms with Gasteiger partial charge in [0, 0.05) is 49.8 Å². The predicted octanol–water partition coefficient (Wildman–Crippen LogP) is 2.45. The number of urea groups is 1. The lowest BCUT2D eigenvalue weighted by Crippen LogP contribution is -2.63. The number of fused-ring (bicyclic) bond motifs is 3. The number of imide groups is 1. The Balaban J connectivity index is 1.61. The summed E-state index contributed by atoms with van der Waals surface area (Å²) in [6.07, 6.45) is 2.03. The molecule has 0 saturated carbocycles. The van der Waals surface area contributed by atoms with Gasteiger partial charge in [-0.2, -0.15) is 0 Å². The van der Waals surface area contributed by atoms with Crippen LogP contribution in [-0.2, 0) is 16.1 Å². The van der Waals surface area contributed by atoms with Gasteiger partial charge >= 0.3 is 6.03 Å². The van der Waals surface area contributed by atoms with E-state index in [4.69, 9.17) is 16.3 Å². The van der Waals surface area contributed by atoms with Gasteiger partial charge in [0.05, 0.1) is 6.54 Å². The van der Waals surface area contributed by atoms with Gasteiger partial charge in [-0.25, -0.2) is 14.2 Å². The van der Waals surface area contributed by atoms with Gasteiger partial charge in [-0.1, -0.05) is 17.7 Å². The van der Waals surface area contributed by atoms with Crippen molar-refractivity contribution in [3.63, 3.8) is 0 Å². The minimum atomic E-state index is -0.698. The average molecular weight is 436 g/mol. The number of methoxy groups -OCH3 is 1. The van der Waals surface area contributed by atoms with Gasteiger partial charge in [0.1, 0.15) is 5.82 Å². The Hall–Kier alpha value is -2.65. The first-order valence-corrected chi connectivity index (χ1v) is 10.0. The van der Waals surface area contributed by atoms with Crippen LogP contribution in [0.4, 0.5) is 9.18 Å². The van der Waals surface area contributed by atoms with Crippen molar-refractivity contribution in [1.29, 1.82) is 0 Å². The zero-order valence-electron chi connectivity index (χ0n) is 17.0. The number of allylic oxidation sites excluding steroid dienone is 1. The first-order valence-electron chi connectivity index (χ1n) is 9.67. The molecule has 1 saturated heterocycles. The molecule has 0 aliphatic carbocycles. The normalized spacial score (nSPS) is 23.1. The van der Waals surface area contributed by atoms with E-state index in [0.29, 0.717) is 19.1 Å². The largest absolute Gasteiger partial charge is 0.385 e. The maximum atomic E-state index is 14.3. The Labute approximate surface area is 179 Å². The second-order valence-electron chi connectivity index (χ2n) is 7.48. The molecule has 0 N–H and O–H groups in total. The third-order valence-electron chi connectivity index (χ3n) is 5.61. The number of benzene rings is 1. The number of hydrogen-bond acceptors (Lipinski definition) is 6. The van der Waals surface area contributed by atoms with Crippen molar-refractivity contribution in [3.8, 4) is 0 Å². The average Bonchev–Trinajstić information content (AvgIpc) is 3.21. The van der Waals surface area contributed by atoms with Gasteiger partial charge < -0.3 is 19.4 Å². The van der Waals surface area contributed by atoms with E-state index >= 15 is 0 Å². The third kappa shape index (κ3) is 3.22. The van der Waals surface area contributed by atoms with E-state index < -0.39 is 30.0 Å². The molecule has 0 bridgehead atoms. The highest BCUT2D eigenvalue weighted by atomic mass is 35.5. The van der Waals surface area contributed by atoms with Crippen molar-refractivity contribution in [2.75, 3.05) is 27.3 Å². The molecule has 4 rings (SSSR count). The summed E-state index contributed by atoms with van der Waals surface area (Å²) in [6, 6.07) is 3.05. The van der Waals surface area contributed by atoms with Gasteiger partial charge in [-0.15, -0.1) is 0 Å². The molecular weight excluding hydrogens is 413 g/mol. The minimum Gasteiger partial charge on any atom is -0.385 e. The summed E-state index contributed by atoms with van der Waals surface area (Å²) < 4.78 is 19.4. The number of carbonyl (C=O) groups is 2. The Morgan fingerprint density at radius 3 is 2.73 bits per heavy atom. The van der Waals surface area contributed by atoms with Gasteiger partial charge in [0.25, 0.3) is 5.91 Å². The van der Waals surface area contributed by atoms with E-state index in [1.807, 2.05) is 18.0 Å². The molecule has 0 aromatic heterocycles. The highest BCUT2D eigenvalue weighted by molar-refractivity contribution is 6.31. The molecule has 30 heavy (non-hydrogen) atoms. The summed E-state index contributed by atoms with van der Waals surface area (Å²) in [4.78, 5) is 37.2. The second-order valence-corrected chi connectivity index (χ2v) is 7.89. The molecule has 0 spiro atoms. The van der Waals surface area contributed by atoms with Crippen LogP contribution < -0.4 is 0 Å². The van der Waals surface area contributed by atoms with E-state index in [0.717, 1.165) is 17.0 Å². The number of rotatable bonds is 6. The second kappa shape index (κ2) is 7.88. The lowest BCUT2D eigenvalue weighted by Gasteiger charge is -2.40. The monoisotopic (exact) mass is 435 g/mol. The van der Waals surface area contributed by atoms with Crippen LogP contribution in [0, 0.1) is 5.82 Å². The molecule has 1 aromatic rings. The van der Waals surface area contributed by atoms with E-state index in [2.05, 4.69) is 4.99 Å². The smallest absolute Gasteiger partial charge is 0.328 e. The number of hydrogen-bond donors (Lipinski definition) is 0. The topological polar surface area (TPSA) is 68.7 Å². The molecule has 3 aliphatic heterocycles. The van der Waals surface area contributed by atoms with Crippen molar-refractivity contribution < 1.29 is 18.7 Å². The van der Waals surface area contributed by atoms with Crippen molar-refractivity contribution in [3.05, 3.63) is 46.5 Å². The lowest BCUT2D eigenvalue weighted by atomic mass is 10.1. The van der Waals surface area contributed by atoms with Crippen LogP contribution >= 0.6 is 11.6 Å². The van der Waals surface area contributed by atoms with E-state index in [9.17, 15) is 14.0 Å². The number of amides is 3. The van der Waals surface area contributed by atoms with Crippen molar-refractivity contribution >= 4 is 29.5 Å². The zero-order valence-corrected chi connectivity index (χ0v) is 17.8. The van der Waals surface area contributed by atoms with E-state index in [1.165, 1.54) is 23.1 Å².